The van der Waals surface area contributed by atoms with Gasteiger partial charge in [0.05, 0.1) is 17.1 Å². The summed E-state index contributed by atoms with van der Waals surface area (Å²) in [5.74, 6) is 5.42. The fourth-order valence-electron chi connectivity index (χ4n) is 11.6. The second-order valence-electron chi connectivity index (χ2n) is 22.2. The number of nitrogens with zero attached hydrogens (tertiary/aromatic N) is 2. The molecule has 0 amide bonds. The van der Waals surface area contributed by atoms with Crippen molar-refractivity contribution in [2.24, 2.45) is 0 Å². The van der Waals surface area contributed by atoms with Gasteiger partial charge < -0.3 is 19.5 Å². The van der Waals surface area contributed by atoms with Gasteiger partial charge in [-0.2, -0.15) is 0 Å². The van der Waals surface area contributed by atoms with Crippen LogP contribution in [0, 0.1) is 0 Å². The molecule has 0 bridgehead atoms. The summed E-state index contributed by atoms with van der Waals surface area (Å²) in [5, 5.41) is 4.01. The lowest BCUT2D eigenvalue weighted by molar-refractivity contribution is 0.458. The molecule has 0 atom stereocenters. The van der Waals surface area contributed by atoms with Crippen LogP contribution in [0.15, 0.2) is 109 Å². The maximum absolute atomic E-state index is 7.18. The highest BCUT2D eigenvalue weighted by molar-refractivity contribution is 8.00. The van der Waals surface area contributed by atoms with E-state index in [9.17, 15) is 0 Å². The van der Waals surface area contributed by atoms with Gasteiger partial charge in [0.15, 0.2) is 0 Å². The molecule has 0 saturated heterocycles. The van der Waals surface area contributed by atoms with Crippen LogP contribution in [-0.2, 0) is 16.2 Å². The van der Waals surface area contributed by atoms with Crippen LogP contribution in [-0.4, -0.2) is 32.6 Å². The van der Waals surface area contributed by atoms with Gasteiger partial charge in [-0.1, -0.05) is 111 Å². The second-order valence-corrected chi connectivity index (χ2v) is 23.7. The Hall–Kier alpha value is -5.77. The fourth-order valence-corrected chi connectivity index (χ4v) is 13.0. The number of hydrogen-bond donors (Lipinski definition) is 1. The van der Waals surface area contributed by atoms with Crippen LogP contribution >= 0.6 is 23.9 Å². The van der Waals surface area contributed by atoms with Crippen molar-refractivity contribution < 1.29 is 14.2 Å². The Morgan fingerprint density at radius 3 is 1.39 bits per heavy atom. The molecule has 6 heterocycles. The zero-order valence-corrected chi connectivity index (χ0v) is 41.7. The molecule has 6 aliphatic heterocycles. The van der Waals surface area contributed by atoms with Gasteiger partial charge in [-0.25, -0.2) is 0 Å². The molecular formula is C56H52B3N3O3S2. The van der Waals surface area contributed by atoms with E-state index in [4.69, 9.17) is 14.2 Å². The monoisotopic (exact) mass is 911 g/mol. The Bertz CT molecular complexity index is 3140. The standard InChI is InChI=1S/C56H52B3N3O3S2/c1-54(2,3)30-20-40-51-48(23-30)63-45-18-14-12-16-33(45)57(51)35-26-36-41(28-39(35)60-40)61(66-10)43-21-31(55(4,5)6)22-44-52(43)59(36)37-27-38-47(29-42(37)62(44)67-11)65-50-25-32(56(7,8)9)24-49-53(50)58(38)34-17-13-15-19-46(34)64-49/h12-29,60H,1-11H3. The largest absolute Gasteiger partial charge is 0.458 e. The number of nitrogens with one attached hydrogen (secondary N) is 1. The number of para-hydroxylation sites is 2. The molecule has 0 fully saturated rings. The highest BCUT2D eigenvalue weighted by Crippen LogP contribution is 2.47. The van der Waals surface area contributed by atoms with Crippen LogP contribution in [0.2, 0.25) is 0 Å². The Morgan fingerprint density at radius 1 is 0.388 bits per heavy atom. The van der Waals surface area contributed by atoms with E-state index < -0.39 is 0 Å². The number of fused-ring (bicyclic) bond motifs is 12. The SMILES string of the molecule is CSN1c2cc3c(cc2B2c4cc5c(cc4N(SC)c4cc(C(C)(C)C)cc1c42)Oc1cc(C(C)(C)C)cc2c1B5c1ccccc1O2)B1c2ccccc2Oc2cc(C(C)(C)C)cc(c21)N3. The molecule has 330 valence electrons. The number of benzene rings is 7. The van der Waals surface area contributed by atoms with Crippen molar-refractivity contribution in [3.63, 3.8) is 0 Å². The van der Waals surface area contributed by atoms with Crippen LogP contribution in [0.3, 0.4) is 0 Å². The van der Waals surface area contributed by atoms with Crippen molar-refractivity contribution in [1.82, 2.24) is 0 Å². The predicted molar refractivity (Wildman–Crippen MR) is 290 cm³/mol. The third-order valence-corrected chi connectivity index (χ3v) is 16.6. The smallest absolute Gasteiger partial charge is 0.260 e. The Labute approximate surface area is 404 Å². The van der Waals surface area contributed by atoms with Crippen LogP contribution in [0.1, 0.15) is 79.0 Å². The highest BCUT2D eigenvalue weighted by atomic mass is 32.2. The minimum Gasteiger partial charge on any atom is -0.458 e. The van der Waals surface area contributed by atoms with Crippen LogP contribution in [0.4, 0.5) is 34.1 Å². The minimum absolute atomic E-state index is 0.00766. The van der Waals surface area contributed by atoms with Crippen LogP contribution in [0.5, 0.6) is 34.5 Å². The maximum atomic E-state index is 7.18. The minimum atomic E-state index is -0.0951. The summed E-state index contributed by atoms with van der Waals surface area (Å²) in [7, 11) is 0. The molecule has 6 aliphatic rings. The summed E-state index contributed by atoms with van der Waals surface area (Å²) < 4.78 is 25.8. The second kappa shape index (κ2) is 13.9. The first-order valence-electron chi connectivity index (χ1n) is 23.6. The first-order valence-corrected chi connectivity index (χ1v) is 25.9. The van der Waals surface area contributed by atoms with E-state index in [0.29, 0.717) is 0 Å². The van der Waals surface area contributed by atoms with Crippen molar-refractivity contribution in [1.29, 1.82) is 0 Å². The Balaban J connectivity index is 1.09. The van der Waals surface area contributed by atoms with Crippen LogP contribution in [0.25, 0.3) is 0 Å². The molecule has 7 aromatic rings. The van der Waals surface area contributed by atoms with E-state index in [1.807, 2.05) is 0 Å². The summed E-state index contributed by atoms with van der Waals surface area (Å²) in [6, 6.07) is 41.1. The van der Waals surface area contributed by atoms with Gasteiger partial charge >= 0.3 is 0 Å². The summed E-state index contributed by atoms with van der Waals surface area (Å²) in [6.07, 6.45) is 4.43. The van der Waals surface area contributed by atoms with E-state index in [1.165, 1.54) is 72.0 Å². The molecule has 0 unspecified atom stereocenters. The zero-order chi connectivity index (χ0) is 46.2. The van der Waals surface area contributed by atoms with Crippen molar-refractivity contribution >= 4 is 127 Å². The number of rotatable bonds is 2. The Kier molecular flexibility index (Phi) is 8.60. The molecule has 11 heteroatoms. The third kappa shape index (κ3) is 5.89. The van der Waals surface area contributed by atoms with Gasteiger partial charge in [-0.3, -0.25) is 8.61 Å². The molecular weight excluding hydrogens is 859 g/mol. The first-order chi connectivity index (χ1) is 32.0. The number of anilines is 6. The number of hydrogen-bond acceptors (Lipinski definition) is 8. The summed E-state index contributed by atoms with van der Waals surface area (Å²) >= 11 is 3.56. The van der Waals surface area contributed by atoms with Gasteiger partial charge in [-0.15, -0.1) is 0 Å². The lowest BCUT2D eigenvalue weighted by Crippen LogP contribution is -2.65. The summed E-state index contributed by atoms with van der Waals surface area (Å²) in [4.78, 5) is 0. The van der Waals surface area contributed by atoms with Crippen molar-refractivity contribution in [3.8, 4) is 34.5 Å². The van der Waals surface area contributed by atoms with Crippen LogP contribution < -0.4 is 77.3 Å². The topological polar surface area (TPSA) is 46.2 Å². The molecule has 1 N–H and O–H groups in total. The van der Waals surface area contributed by atoms with Gasteiger partial charge in [0, 0.05) is 41.1 Å². The van der Waals surface area contributed by atoms with Gasteiger partial charge in [0.25, 0.3) is 20.1 Å². The molecule has 0 saturated carbocycles. The molecule has 7 aromatic carbocycles. The van der Waals surface area contributed by atoms with Gasteiger partial charge in [0.2, 0.25) is 0 Å². The van der Waals surface area contributed by atoms with E-state index in [0.717, 1.165) is 62.5 Å². The van der Waals surface area contributed by atoms with E-state index in [-0.39, 0.29) is 36.4 Å². The highest BCUT2D eigenvalue weighted by Gasteiger charge is 2.49. The van der Waals surface area contributed by atoms with E-state index in [1.54, 1.807) is 23.9 Å². The zero-order valence-electron chi connectivity index (χ0n) is 40.1. The summed E-state index contributed by atoms with van der Waals surface area (Å²) in [6.45, 7) is 20.5. The molecule has 0 radical (unpaired) electrons. The molecule has 13 rings (SSSR count). The number of ether oxygens (including phenoxy) is 3. The molecule has 0 aromatic heterocycles. The van der Waals surface area contributed by atoms with Crippen molar-refractivity contribution in [2.75, 3.05) is 26.4 Å². The molecule has 6 nitrogen and oxygen atoms in total. The average molecular weight is 912 g/mol. The van der Waals surface area contributed by atoms with Crippen molar-refractivity contribution in [2.45, 2.75) is 78.6 Å². The predicted octanol–water partition coefficient (Wildman–Crippen LogP) is 8.96. The first kappa shape index (κ1) is 41.4. The maximum Gasteiger partial charge on any atom is 0.260 e. The lowest BCUT2D eigenvalue weighted by atomic mass is 9.29. The quantitative estimate of drug-likeness (QED) is 0.136. The van der Waals surface area contributed by atoms with Gasteiger partial charge in [-0.05, 0) is 155 Å². The molecule has 67 heavy (non-hydrogen) atoms. The van der Waals surface area contributed by atoms with Crippen molar-refractivity contribution in [3.05, 3.63) is 126 Å². The normalized spacial score (nSPS) is 15.2. The fraction of sp³-hybridized carbons (Fsp3) is 0.250. The molecule has 0 aliphatic carbocycles. The Morgan fingerprint density at radius 2 is 0.836 bits per heavy atom. The average Bonchev–Trinajstić information content (AvgIpc) is 3.29. The van der Waals surface area contributed by atoms with Gasteiger partial charge in [0.1, 0.15) is 34.5 Å². The molecule has 0 spiro atoms. The lowest BCUT2D eigenvalue weighted by Gasteiger charge is -2.45. The third-order valence-electron chi connectivity index (χ3n) is 15.1. The van der Waals surface area contributed by atoms with E-state index in [2.05, 4.69) is 198 Å². The van der Waals surface area contributed by atoms with E-state index >= 15 is 0 Å². The summed E-state index contributed by atoms with van der Waals surface area (Å²) in [5.41, 5.74) is 21.6.